The lowest BCUT2D eigenvalue weighted by atomic mass is 10.1. The molecule has 0 bridgehead atoms. The van der Waals surface area contributed by atoms with Crippen molar-refractivity contribution < 1.29 is 19.1 Å². The second kappa shape index (κ2) is 6.54. The molecule has 1 aliphatic carbocycles. The van der Waals surface area contributed by atoms with Crippen LogP contribution in [0.15, 0.2) is 36.0 Å². The Balaban J connectivity index is 2.26. The second-order valence-corrected chi connectivity index (χ2v) is 3.84. The minimum absolute atomic E-state index is 0.0260. The molecule has 0 atom stereocenters. The van der Waals surface area contributed by atoms with Crippen molar-refractivity contribution in [2.45, 2.75) is 13.3 Å². The van der Waals surface area contributed by atoms with Crippen molar-refractivity contribution in [2.75, 3.05) is 13.2 Å². The average molecular weight is 249 g/mol. The third-order valence-corrected chi connectivity index (χ3v) is 2.20. The van der Waals surface area contributed by atoms with E-state index in [0.29, 0.717) is 11.1 Å². The van der Waals surface area contributed by atoms with Gasteiger partial charge < -0.3 is 10.1 Å². The highest BCUT2D eigenvalue weighted by molar-refractivity contribution is 6.02. The van der Waals surface area contributed by atoms with E-state index in [9.17, 15) is 14.4 Å². The molecule has 0 aromatic rings. The Kier molecular flexibility index (Phi) is 5.05. The summed E-state index contributed by atoms with van der Waals surface area (Å²) >= 11 is 0. The molecule has 96 valence electrons. The third kappa shape index (κ3) is 4.37. The topological polar surface area (TPSA) is 72.5 Å². The molecule has 0 unspecified atom stereocenters. The van der Waals surface area contributed by atoms with E-state index in [2.05, 4.69) is 11.9 Å². The predicted molar refractivity (Wildman–Crippen MR) is 65.6 cm³/mol. The lowest BCUT2D eigenvalue weighted by Crippen LogP contribution is -2.29. The van der Waals surface area contributed by atoms with Crippen LogP contribution in [0.2, 0.25) is 0 Å². The zero-order valence-corrected chi connectivity index (χ0v) is 10.2. The smallest absolute Gasteiger partial charge is 0.333 e. The summed E-state index contributed by atoms with van der Waals surface area (Å²) in [5.74, 6) is -0.793. The summed E-state index contributed by atoms with van der Waals surface area (Å²) in [6.07, 6.45) is 4.65. The third-order valence-electron chi connectivity index (χ3n) is 2.20. The van der Waals surface area contributed by atoms with Crippen LogP contribution in [-0.2, 0) is 19.1 Å². The van der Waals surface area contributed by atoms with Crippen LogP contribution in [0, 0.1) is 0 Å². The SMILES string of the molecule is C=C(C)C(=O)OCCNC(=O)C1=CCC(=O)C=C1. The first-order valence-electron chi connectivity index (χ1n) is 5.52. The van der Waals surface area contributed by atoms with E-state index in [1.807, 2.05) is 0 Å². The normalized spacial score (nSPS) is 13.8. The van der Waals surface area contributed by atoms with Gasteiger partial charge >= 0.3 is 5.97 Å². The molecule has 0 radical (unpaired) electrons. The number of ether oxygens (including phenoxy) is 1. The summed E-state index contributed by atoms with van der Waals surface area (Å²) in [5, 5.41) is 2.58. The van der Waals surface area contributed by atoms with E-state index >= 15 is 0 Å². The van der Waals surface area contributed by atoms with E-state index in [4.69, 9.17) is 4.74 Å². The minimum atomic E-state index is -0.480. The van der Waals surface area contributed by atoms with Crippen LogP contribution in [0.5, 0.6) is 0 Å². The largest absolute Gasteiger partial charge is 0.460 e. The summed E-state index contributed by atoms with van der Waals surface area (Å²) in [6.45, 7) is 5.30. The van der Waals surface area contributed by atoms with Crippen LogP contribution in [0.3, 0.4) is 0 Å². The Hall–Kier alpha value is -2.17. The second-order valence-electron chi connectivity index (χ2n) is 3.84. The highest BCUT2D eigenvalue weighted by Crippen LogP contribution is 2.06. The number of allylic oxidation sites excluding steroid dienone is 2. The number of esters is 1. The van der Waals surface area contributed by atoms with Crippen molar-refractivity contribution >= 4 is 17.7 Å². The molecule has 0 saturated carbocycles. The van der Waals surface area contributed by atoms with Crippen molar-refractivity contribution in [1.29, 1.82) is 0 Å². The van der Waals surface area contributed by atoms with Crippen LogP contribution in [-0.4, -0.2) is 30.8 Å². The van der Waals surface area contributed by atoms with Gasteiger partial charge in [-0.2, -0.15) is 0 Å². The lowest BCUT2D eigenvalue weighted by molar-refractivity contribution is -0.139. The average Bonchev–Trinajstić information content (AvgIpc) is 2.34. The number of hydrogen-bond donors (Lipinski definition) is 1. The highest BCUT2D eigenvalue weighted by Gasteiger charge is 2.11. The van der Waals surface area contributed by atoms with Gasteiger partial charge in [0.05, 0.1) is 6.54 Å². The van der Waals surface area contributed by atoms with Crippen LogP contribution in [0.4, 0.5) is 0 Å². The molecule has 0 fully saturated rings. The summed E-state index contributed by atoms with van der Waals surface area (Å²) in [6, 6.07) is 0. The Morgan fingerprint density at radius 2 is 2.17 bits per heavy atom. The zero-order chi connectivity index (χ0) is 13.5. The molecule has 1 rings (SSSR count). The number of hydrogen-bond acceptors (Lipinski definition) is 4. The fourth-order valence-corrected chi connectivity index (χ4v) is 1.23. The molecule has 1 N–H and O–H groups in total. The molecule has 0 aromatic carbocycles. The lowest BCUT2D eigenvalue weighted by Gasteiger charge is -2.08. The van der Waals surface area contributed by atoms with E-state index in [-0.39, 0.29) is 31.3 Å². The predicted octanol–water partition coefficient (Wildman–Crippen LogP) is 0.677. The Labute approximate surface area is 105 Å². The monoisotopic (exact) mass is 249 g/mol. The first kappa shape index (κ1) is 13.9. The molecule has 18 heavy (non-hydrogen) atoms. The maximum absolute atomic E-state index is 11.6. The van der Waals surface area contributed by atoms with Gasteiger partial charge in [0.15, 0.2) is 5.78 Å². The quantitative estimate of drug-likeness (QED) is 0.442. The molecule has 5 nitrogen and oxygen atoms in total. The molecule has 5 heteroatoms. The van der Waals surface area contributed by atoms with Crippen molar-refractivity contribution in [3.63, 3.8) is 0 Å². The summed E-state index contributed by atoms with van der Waals surface area (Å²) in [5.41, 5.74) is 0.763. The molecular weight excluding hydrogens is 234 g/mol. The summed E-state index contributed by atoms with van der Waals surface area (Å²) < 4.78 is 4.81. The van der Waals surface area contributed by atoms with Crippen LogP contribution in [0.1, 0.15) is 13.3 Å². The van der Waals surface area contributed by atoms with Gasteiger partial charge in [-0.15, -0.1) is 0 Å². The number of ketones is 1. The van der Waals surface area contributed by atoms with Gasteiger partial charge in [-0.25, -0.2) is 4.79 Å². The van der Waals surface area contributed by atoms with Gasteiger partial charge in [0.1, 0.15) is 6.61 Å². The van der Waals surface area contributed by atoms with Crippen molar-refractivity contribution in [2.24, 2.45) is 0 Å². The summed E-state index contributed by atoms with van der Waals surface area (Å²) in [7, 11) is 0. The Morgan fingerprint density at radius 1 is 1.44 bits per heavy atom. The van der Waals surface area contributed by atoms with Crippen LogP contribution in [0.25, 0.3) is 0 Å². The molecule has 0 aromatic heterocycles. The molecule has 0 aliphatic heterocycles. The number of nitrogens with one attached hydrogen (secondary N) is 1. The van der Waals surface area contributed by atoms with Gasteiger partial charge in [-0.1, -0.05) is 12.7 Å². The van der Waals surface area contributed by atoms with Gasteiger partial charge in [-0.3, -0.25) is 9.59 Å². The number of carbonyl (C=O) groups excluding carboxylic acids is 3. The molecular formula is C13H15NO4. The molecule has 0 spiro atoms. The van der Waals surface area contributed by atoms with Gasteiger partial charge in [0, 0.05) is 17.6 Å². The molecule has 0 saturated heterocycles. The van der Waals surface area contributed by atoms with Gasteiger partial charge in [0.2, 0.25) is 0 Å². The molecule has 0 heterocycles. The van der Waals surface area contributed by atoms with Crippen molar-refractivity contribution in [3.8, 4) is 0 Å². The van der Waals surface area contributed by atoms with Crippen LogP contribution < -0.4 is 5.32 Å². The Bertz CT molecular complexity index is 446. The standard InChI is InChI=1S/C13H15NO4/c1-9(2)13(17)18-8-7-14-12(16)10-3-5-11(15)6-4-10/h3-5H,1,6-8H2,2H3,(H,14,16). The van der Waals surface area contributed by atoms with E-state index in [1.165, 1.54) is 12.2 Å². The molecule has 1 aliphatic rings. The fraction of sp³-hybridized carbons (Fsp3) is 0.308. The van der Waals surface area contributed by atoms with Crippen molar-refractivity contribution in [1.82, 2.24) is 5.32 Å². The number of amides is 1. The Morgan fingerprint density at radius 3 is 2.72 bits per heavy atom. The first-order valence-corrected chi connectivity index (χ1v) is 5.52. The maximum atomic E-state index is 11.6. The zero-order valence-electron chi connectivity index (χ0n) is 10.2. The highest BCUT2D eigenvalue weighted by atomic mass is 16.5. The number of carbonyl (C=O) groups is 3. The minimum Gasteiger partial charge on any atom is -0.460 e. The fourth-order valence-electron chi connectivity index (χ4n) is 1.23. The van der Waals surface area contributed by atoms with Crippen LogP contribution >= 0.6 is 0 Å². The van der Waals surface area contributed by atoms with E-state index in [1.54, 1.807) is 13.0 Å². The van der Waals surface area contributed by atoms with Gasteiger partial charge in [0.25, 0.3) is 5.91 Å². The first-order chi connectivity index (χ1) is 8.50. The van der Waals surface area contributed by atoms with E-state index < -0.39 is 5.97 Å². The van der Waals surface area contributed by atoms with Gasteiger partial charge in [-0.05, 0) is 19.1 Å². The van der Waals surface area contributed by atoms with Crippen molar-refractivity contribution in [3.05, 3.63) is 36.0 Å². The van der Waals surface area contributed by atoms with E-state index in [0.717, 1.165) is 0 Å². The maximum Gasteiger partial charge on any atom is 0.333 e. The molecule has 1 amide bonds. The number of rotatable bonds is 5. The summed E-state index contributed by atoms with van der Waals surface area (Å²) in [4.78, 5) is 33.5.